The van der Waals surface area contributed by atoms with Crippen molar-refractivity contribution >= 4 is 35.1 Å². The van der Waals surface area contributed by atoms with Crippen LogP contribution in [0.25, 0.3) is 0 Å². The predicted molar refractivity (Wildman–Crippen MR) is 97.4 cm³/mol. The van der Waals surface area contributed by atoms with E-state index >= 15 is 0 Å². The zero-order valence-electron chi connectivity index (χ0n) is 15.0. The quantitative estimate of drug-likeness (QED) is 0.131. The standard InChI is InChI=1S/C10H13ClN3O15P3/c11-2-1-10(18)7(16)5(27-8(10)14-9(17)13-6(15)3-12-14)4-26-31(22,23)29-32(24,25)28-30(19,20)21/h3,5,7-8,16,18H,4H2,(H,22,23)(H,24,25)(H,13,15,17)(H2,19,20,21)/t5-,7+,8-,10?/m1/s1. The van der Waals surface area contributed by atoms with Crippen molar-refractivity contribution in [3.63, 3.8) is 0 Å². The highest BCUT2D eigenvalue weighted by molar-refractivity contribution is 7.66. The minimum atomic E-state index is -5.80. The Morgan fingerprint density at radius 2 is 1.84 bits per heavy atom. The molecule has 1 aromatic rings. The van der Waals surface area contributed by atoms with Gasteiger partial charge in [0, 0.05) is 5.38 Å². The van der Waals surface area contributed by atoms with E-state index in [4.69, 9.17) is 31.0 Å². The fourth-order valence-electron chi connectivity index (χ4n) is 2.36. The zero-order valence-corrected chi connectivity index (χ0v) is 18.4. The molecule has 0 saturated carbocycles. The third-order valence-corrected chi connectivity index (χ3v) is 7.41. The van der Waals surface area contributed by atoms with Crippen LogP contribution in [0.3, 0.4) is 0 Å². The first-order valence-corrected chi connectivity index (χ1v) is 12.5. The number of ether oxygens (including phenoxy) is 1. The number of nitrogens with zero attached hydrogens (tertiary/aromatic N) is 2. The second kappa shape index (κ2) is 9.55. The Morgan fingerprint density at radius 3 is 2.38 bits per heavy atom. The van der Waals surface area contributed by atoms with Crippen LogP contribution >= 0.6 is 35.1 Å². The predicted octanol–water partition coefficient (Wildman–Crippen LogP) is -2.54. The van der Waals surface area contributed by atoms with Crippen molar-refractivity contribution in [3.8, 4) is 11.3 Å². The molecule has 2 rings (SSSR count). The van der Waals surface area contributed by atoms with Crippen LogP contribution in [0.5, 0.6) is 0 Å². The van der Waals surface area contributed by atoms with Crippen LogP contribution in [0.4, 0.5) is 0 Å². The van der Waals surface area contributed by atoms with E-state index in [-0.39, 0.29) is 0 Å². The molecule has 18 nitrogen and oxygen atoms in total. The van der Waals surface area contributed by atoms with E-state index in [1.165, 1.54) is 0 Å². The summed E-state index contributed by atoms with van der Waals surface area (Å²) < 4.78 is 50.6. The number of aliphatic hydroxyl groups excluding tert-OH is 1. The van der Waals surface area contributed by atoms with Crippen molar-refractivity contribution in [2.24, 2.45) is 0 Å². The second-order valence-electron chi connectivity index (χ2n) is 5.79. The monoisotopic (exact) mass is 543 g/mol. The minimum Gasteiger partial charge on any atom is -0.386 e. The van der Waals surface area contributed by atoms with Crippen LogP contribution in [0, 0.1) is 11.3 Å². The molecule has 1 aromatic heterocycles. The van der Waals surface area contributed by atoms with Gasteiger partial charge in [0.2, 0.25) is 5.60 Å². The van der Waals surface area contributed by atoms with Gasteiger partial charge in [-0.1, -0.05) is 0 Å². The van der Waals surface area contributed by atoms with Crippen LogP contribution in [0.15, 0.2) is 15.8 Å². The summed E-state index contributed by atoms with van der Waals surface area (Å²) in [6.45, 7) is -1.19. The van der Waals surface area contributed by atoms with Gasteiger partial charge in [-0.2, -0.15) is 18.4 Å². The lowest BCUT2D eigenvalue weighted by molar-refractivity contribution is -0.0834. The Hall–Kier alpha value is -1.25. The van der Waals surface area contributed by atoms with E-state index in [0.29, 0.717) is 10.9 Å². The lowest BCUT2D eigenvalue weighted by Gasteiger charge is -2.25. The van der Waals surface area contributed by atoms with Crippen molar-refractivity contribution in [1.82, 2.24) is 14.8 Å². The van der Waals surface area contributed by atoms with Crippen molar-refractivity contribution in [1.29, 1.82) is 0 Å². The van der Waals surface area contributed by atoms with Gasteiger partial charge in [0.25, 0.3) is 5.56 Å². The van der Waals surface area contributed by atoms with Crippen LogP contribution in [0.2, 0.25) is 0 Å². The van der Waals surface area contributed by atoms with Gasteiger partial charge in [0.1, 0.15) is 18.4 Å². The molecule has 180 valence electrons. The van der Waals surface area contributed by atoms with Crippen molar-refractivity contribution in [3.05, 3.63) is 27.0 Å². The molecule has 0 spiro atoms. The summed E-state index contributed by atoms with van der Waals surface area (Å²) in [5.74, 6) is 1.95. The van der Waals surface area contributed by atoms with E-state index in [0.717, 1.165) is 0 Å². The highest BCUT2D eigenvalue weighted by atomic mass is 35.5. The number of phosphoric acid groups is 3. The summed E-state index contributed by atoms with van der Waals surface area (Å²) in [7, 11) is -17.0. The van der Waals surface area contributed by atoms with Gasteiger partial charge in [0.15, 0.2) is 6.23 Å². The topological polar surface area (TPSA) is 277 Å². The molecule has 1 fully saturated rings. The molecule has 6 atom stereocenters. The van der Waals surface area contributed by atoms with Gasteiger partial charge in [-0.25, -0.2) is 18.5 Å². The van der Waals surface area contributed by atoms with Crippen molar-refractivity contribution in [2.45, 2.75) is 24.0 Å². The number of nitrogens with one attached hydrogen (secondary N) is 1. The second-order valence-corrected chi connectivity index (χ2v) is 10.4. The number of rotatable bonds is 8. The highest BCUT2D eigenvalue weighted by Crippen LogP contribution is 2.66. The fourth-order valence-corrected chi connectivity index (χ4v) is 5.54. The Bertz CT molecular complexity index is 1180. The lowest BCUT2D eigenvalue weighted by Crippen LogP contribution is -2.49. The summed E-state index contributed by atoms with van der Waals surface area (Å²) in [6, 6.07) is 0. The lowest BCUT2D eigenvalue weighted by atomic mass is 9.95. The van der Waals surface area contributed by atoms with E-state index in [1.54, 1.807) is 10.4 Å². The number of phosphoric ester groups is 1. The molecule has 7 N–H and O–H groups in total. The molecule has 0 bridgehead atoms. The molecule has 1 saturated heterocycles. The largest absolute Gasteiger partial charge is 0.490 e. The Balaban J connectivity index is 2.24. The number of aliphatic hydroxyl groups is 2. The minimum absolute atomic E-state index is 0.358. The summed E-state index contributed by atoms with van der Waals surface area (Å²) in [6.07, 6.45) is -5.24. The molecule has 0 aromatic carbocycles. The molecular weight excluding hydrogens is 530 g/mol. The number of halogens is 1. The molecule has 2 heterocycles. The third kappa shape index (κ3) is 6.64. The van der Waals surface area contributed by atoms with Crippen molar-refractivity contribution < 1.29 is 61.4 Å². The van der Waals surface area contributed by atoms with Crippen LogP contribution in [-0.2, 0) is 31.6 Å². The first-order chi connectivity index (χ1) is 14.5. The number of aromatic nitrogens is 3. The summed E-state index contributed by atoms with van der Waals surface area (Å²) in [5, 5.41) is 26.1. The van der Waals surface area contributed by atoms with Gasteiger partial charge in [-0.3, -0.25) is 14.3 Å². The average molecular weight is 544 g/mol. The Morgan fingerprint density at radius 1 is 1.22 bits per heavy atom. The summed E-state index contributed by atoms with van der Waals surface area (Å²) in [4.78, 5) is 60.4. The van der Waals surface area contributed by atoms with E-state index in [1.807, 2.05) is 5.92 Å². The van der Waals surface area contributed by atoms with Gasteiger partial charge < -0.3 is 34.5 Å². The van der Waals surface area contributed by atoms with Crippen LogP contribution in [0.1, 0.15) is 6.23 Å². The molecule has 0 aliphatic carbocycles. The Labute approximate surface area is 180 Å². The zero-order chi connectivity index (χ0) is 24.5. The van der Waals surface area contributed by atoms with Gasteiger partial charge in [-0.15, -0.1) is 0 Å². The average Bonchev–Trinajstić information content (AvgIpc) is 2.82. The molecule has 0 amide bonds. The molecule has 32 heavy (non-hydrogen) atoms. The maximum absolute atomic E-state index is 11.9. The van der Waals surface area contributed by atoms with Gasteiger partial charge >= 0.3 is 29.2 Å². The normalized spacial score (nSPS) is 29.5. The number of H-pyrrole nitrogens is 1. The first kappa shape index (κ1) is 27.0. The maximum atomic E-state index is 11.9. The van der Waals surface area contributed by atoms with E-state index < -0.39 is 65.4 Å². The van der Waals surface area contributed by atoms with Gasteiger partial charge in [0.05, 0.1) is 6.61 Å². The number of hydrogen-bond acceptors (Lipinski definition) is 12. The molecule has 1 aliphatic rings. The van der Waals surface area contributed by atoms with Crippen molar-refractivity contribution in [2.75, 3.05) is 6.61 Å². The van der Waals surface area contributed by atoms with Gasteiger partial charge in [-0.05, 0) is 17.5 Å². The molecule has 3 unspecified atom stereocenters. The molecule has 0 radical (unpaired) electrons. The Kier molecular flexibility index (Phi) is 8.06. The molecule has 1 aliphatic heterocycles. The third-order valence-electron chi connectivity index (χ3n) is 3.51. The summed E-state index contributed by atoms with van der Waals surface area (Å²) in [5.41, 5.74) is -4.81. The highest BCUT2D eigenvalue weighted by Gasteiger charge is 2.57. The summed E-state index contributed by atoms with van der Waals surface area (Å²) >= 11 is 5.25. The number of aromatic amines is 1. The van der Waals surface area contributed by atoms with Crippen LogP contribution < -0.4 is 11.2 Å². The SMILES string of the molecule is O=c1cnn([C@@H]2O[C@H](COP(=O)(O)OP(=O)(O)OP(=O)(O)O)[C@H](O)C2(O)C#CCl)c(=O)[nH]1. The smallest absolute Gasteiger partial charge is 0.386 e. The molecule has 22 heteroatoms. The van der Waals surface area contributed by atoms with E-state index in [2.05, 4.69) is 18.2 Å². The van der Waals surface area contributed by atoms with Crippen LogP contribution in [-0.4, -0.2) is 69.0 Å². The first-order valence-electron chi connectivity index (χ1n) is 7.65. The number of hydrogen-bond donors (Lipinski definition) is 7. The maximum Gasteiger partial charge on any atom is 0.490 e. The van der Waals surface area contributed by atoms with E-state index in [9.17, 15) is 38.4 Å². The fraction of sp³-hybridized carbons (Fsp3) is 0.500. The molecular formula is C10H13ClN3O15P3.